The number of piperazine rings is 1. The van der Waals surface area contributed by atoms with Gasteiger partial charge in [0.25, 0.3) is 0 Å². The number of thiazole rings is 1. The molecule has 7 heteroatoms. The van der Waals surface area contributed by atoms with E-state index in [2.05, 4.69) is 27.3 Å². The van der Waals surface area contributed by atoms with Gasteiger partial charge in [-0.2, -0.15) is 0 Å². The summed E-state index contributed by atoms with van der Waals surface area (Å²) in [6.07, 6.45) is 0. The van der Waals surface area contributed by atoms with Gasteiger partial charge in [-0.3, -0.25) is 9.80 Å². The number of hydrogen-bond donors (Lipinski definition) is 0. The van der Waals surface area contributed by atoms with E-state index in [1.54, 1.807) is 30.6 Å². The molecule has 0 radical (unpaired) electrons. The summed E-state index contributed by atoms with van der Waals surface area (Å²) >= 11 is 1.64. The van der Waals surface area contributed by atoms with Crippen LogP contribution < -0.4 is 4.74 Å². The Bertz CT molecular complexity index is 994. The van der Waals surface area contributed by atoms with Crippen LogP contribution in [0.5, 0.6) is 5.75 Å². The summed E-state index contributed by atoms with van der Waals surface area (Å²) in [5.41, 5.74) is 3.99. The van der Waals surface area contributed by atoms with Crippen LogP contribution in [0.4, 0.5) is 0 Å². The van der Waals surface area contributed by atoms with Crippen LogP contribution in [-0.2, 0) is 17.8 Å². The third-order valence-electron chi connectivity index (χ3n) is 5.52. The fraction of sp³-hybridized carbons (Fsp3) is 0.333. The Morgan fingerprint density at radius 1 is 0.935 bits per heavy atom. The van der Waals surface area contributed by atoms with Gasteiger partial charge in [-0.15, -0.1) is 11.3 Å². The molecule has 4 rings (SSSR count). The third-order valence-corrected chi connectivity index (χ3v) is 6.46. The molecule has 2 aromatic carbocycles. The number of hydrogen-bond acceptors (Lipinski definition) is 7. The molecule has 1 aliphatic heterocycles. The first-order valence-corrected chi connectivity index (χ1v) is 11.2. The maximum atomic E-state index is 11.6. The lowest BCUT2D eigenvalue weighted by atomic mass is 10.1. The second-order valence-corrected chi connectivity index (χ2v) is 8.47. The number of esters is 1. The average Bonchev–Trinajstić information content (AvgIpc) is 3.29. The minimum atomic E-state index is -0.322. The van der Waals surface area contributed by atoms with Gasteiger partial charge in [0.2, 0.25) is 0 Å². The SMILES string of the molecule is COC(=O)c1ccc(-c2nc(CN3CCN(Cc4ccc(OC)cc4)CC3)cs2)cc1. The number of carbonyl (C=O) groups excluding carboxylic acids is 1. The first-order chi connectivity index (χ1) is 15.1. The average molecular weight is 438 g/mol. The number of carbonyl (C=O) groups is 1. The van der Waals surface area contributed by atoms with Crippen LogP contribution in [0.1, 0.15) is 21.6 Å². The highest BCUT2D eigenvalue weighted by Crippen LogP contribution is 2.25. The Hall–Kier alpha value is -2.74. The van der Waals surface area contributed by atoms with Crippen LogP contribution in [0.2, 0.25) is 0 Å². The summed E-state index contributed by atoms with van der Waals surface area (Å²) < 4.78 is 9.99. The van der Waals surface area contributed by atoms with Crippen LogP contribution in [0, 0.1) is 0 Å². The predicted octanol–water partition coefficient (Wildman–Crippen LogP) is 3.92. The Kier molecular flexibility index (Phi) is 6.96. The minimum Gasteiger partial charge on any atom is -0.497 e. The van der Waals surface area contributed by atoms with Crippen molar-refractivity contribution in [2.24, 2.45) is 0 Å². The number of aromatic nitrogens is 1. The van der Waals surface area contributed by atoms with Crippen molar-refractivity contribution in [2.45, 2.75) is 13.1 Å². The molecule has 0 saturated carbocycles. The zero-order chi connectivity index (χ0) is 21.6. The zero-order valence-electron chi connectivity index (χ0n) is 17.9. The van der Waals surface area contributed by atoms with Crippen molar-refractivity contribution in [3.63, 3.8) is 0 Å². The fourth-order valence-corrected chi connectivity index (χ4v) is 4.52. The van der Waals surface area contributed by atoms with E-state index in [0.717, 1.165) is 61.3 Å². The quantitative estimate of drug-likeness (QED) is 0.522. The molecule has 1 aromatic heterocycles. The van der Waals surface area contributed by atoms with Crippen molar-refractivity contribution in [3.8, 4) is 16.3 Å². The Labute approximate surface area is 187 Å². The normalized spacial score (nSPS) is 15.0. The number of methoxy groups -OCH3 is 2. The van der Waals surface area contributed by atoms with Crippen molar-refractivity contribution in [1.29, 1.82) is 0 Å². The molecule has 6 nitrogen and oxygen atoms in total. The molecule has 3 aromatic rings. The lowest BCUT2D eigenvalue weighted by Crippen LogP contribution is -2.45. The number of rotatable bonds is 7. The van der Waals surface area contributed by atoms with Crippen molar-refractivity contribution in [2.75, 3.05) is 40.4 Å². The number of benzene rings is 2. The maximum absolute atomic E-state index is 11.6. The second-order valence-electron chi connectivity index (χ2n) is 7.61. The lowest BCUT2D eigenvalue weighted by molar-refractivity contribution is 0.0601. The van der Waals surface area contributed by atoms with Gasteiger partial charge in [0, 0.05) is 50.2 Å². The molecule has 1 saturated heterocycles. The highest BCUT2D eigenvalue weighted by Gasteiger charge is 2.18. The zero-order valence-corrected chi connectivity index (χ0v) is 18.7. The molecule has 0 aliphatic carbocycles. The molecule has 0 spiro atoms. The first-order valence-electron chi connectivity index (χ1n) is 10.4. The summed E-state index contributed by atoms with van der Waals surface area (Å²) in [6.45, 7) is 6.02. The molecule has 1 aliphatic rings. The molecule has 0 N–H and O–H groups in total. The van der Waals surface area contributed by atoms with Crippen LogP contribution in [-0.4, -0.2) is 61.2 Å². The van der Waals surface area contributed by atoms with E-state index < -0.39 is 0 Å². The van der Waals surface area contributed by atoms with Crippen LogP contribution >= 0.6 is 11.3 Å². The van der Waals surface area contributed by atoms with E-state index in [0.29, 0.717) is 5.56 Å². The molecule has 0 amide bonds. The molecule has 2 heterocycles. The summed E-state index contributed by atoms with van der Waals surface area (Å²) in [7, 11) is 3.09. The molecule has 0 atom stereocenters. The van der Waals surface area contributed by atoms with Gasteiger partial charge in [-0.25, -0.2) is 9.78 Å². The second kappa shape index (κ2) is 10.0. The Morgan fingerprint density at radius 2 is 1.58 bits per heavy atom. The lowest BCUT2D eigenvalue weighted by Gasteiger charge is -2.34. The van der Waals surface area contributed by atoms with Crippen LogP contribution in [0.3, 0.4) is 0 Å². The van der Waals surface area contributed by atoms with E-state index >= 15 is 0 Å². The summed E-state index contributed by atoms with van der Waals surface area (Å²) in [4.78, 5) is 21.4. The molecular weight excluding hydrogens is 410 g/mol. The maximum Gasteiger partial charge on any atom is 0.337 e. The number of ether oxygens (including phenoxy) is 2. The highest BCUT2D eigenvalue weighted by molar-refractivity contribution is 7.13. The summed E-state index contributed by atoms with van der Waals surface area (Å²) in [5.74, 6) is 0.577. The smallest absolute Gasteiger partial charge is 0.337 e. The van der Waals surface area contributed by atoms with Gasteiger partial charge in [-0.05, 0) is 29.8 Å². The third kappa shape index (κ3) is 5.50. The van der Waals surface area contributed by atoms with Gasteiger partial charge in [0.15, 0.2) is 0 Å². The van der Waals surface area contributed by atoms with E-state index in [9.17, 15) is 4.79 Å². The van der Waals surface area contributed by atoms with Gasteiger partial charge in [-0.1, -0.05) is 24.3 Å². The van der Waals surface area contributed by atoms with E-state index in [1.807, 2.05) is 24.3 Å². The largest absolute Gasteiger partial charge is 0.497 e. The standard InChI is InChI=1S/C24H27N3O3S/c1-29-22-9-3-18(4-10-22)15-26-11-13-27(14-12-26)16-21-17-31-23(25-21)19-5-7-20(8-6-19)24(28)30-2/h3-10,17H,11-16H2,1-2H3. The summed E-state index contributed by atoms with van der Waals surface area (Å²) in [5, 5.41) is 3.11. The molecule has 31 heavy (non-hydrogen) atoms. The van der Waals surface area contributed by atoms with Crippen molar-refractivity contribution in [3.05, 3.63) is 70.7 Å². The molecule has 0 unspecified atom stereocenters. The fourth-order valence-electron chi connectivity index (χ4n) is 3.70. The van der Waals surface area contributed by atoms with Gasteiger partial charge >= 0.3 is 5.97 Å². The number of nitrogens with zero attached hydrogens (tertiary/aromatic N) is 3. The Balaban J connectivity index is 1.28. The topological polar surface area (TPSA) is 54.9 Å². The van der Waals surface area contributed by atoms with Gasteiger partial charge in [0.1, 0.15) is 10.8 Å². The monoisotopic (exact) mass is 437 g/mol. The minimum absolute atomic E-state index is 0.322. The first kappa shape index (κ1) is 21.5. The van der Waals surface area contributed by atoms with E-state index in [-0.39, 0.29) is 5.97 Å². The molecule has 1 fully saturated rings. The van der Waals surface area contributed by atoms with Crippen molar-refractivity contribution in [1.82, 2.24) is 14.8 Å². The predicted molar refractivity (Wildman–Crippen MR) is 122 cm³/mol. The van der Waals surface area contributed by atoms with E-state index in [1.165, 1.54) is 12.7 Å². The molecule has 162 valence electrons. The molecule has 0 bridgehead atoms. The molecular formula is C24H27N3O3S. The Morgan fingerprint density at radius 3 is 2.19 bits per heavy atom. The van der Waals surface area contributed by atoms with Crippen LogP contribution in [0.15, 0.2) is 53.9 Å². The highest BCUT2D eigenvalue weighted by atomic mass is 32.1. The summed E-state index contributed by atoms with van der Waals surface area (Å²) in [6, 6.07) is 15.7. The van der Waals surface area contributed by atoms with Gasteiger partial charge in [0.05, 0.1) is 25.5 Å². The van der Waals surface area contributed by atoms with Crippen molar-refractivity contribution < 1.29 is 14.3 Å². The van der Waals surface area contributed by atoms with Crippen LogP contribution in [0.25, 0.3) is 10.6 Å². The van der Waals surface area contributed by atoms with Crippen molar-refractivity contribution >= 4 is 17.3 Å². The van der Waals surface area contributed by atoms with Gasteiger partial charge < -0.3 is 9.47 Å². The van der Waals surface area contributed by atoms with E-state index in [4.69, 9.17) is 14.5 Å².